The van der Waals surface area contributed by atoms with Gasteiger partial charge in [-0.1, -0.05) is 0 Å². The molecule has 0 saturated carbocycles. The Kier molecular flexibility index (Phi) is 4.35. The van der Waals surface area contributed by atoms with E-state index in [1.54, 1.807) is 0 Å². The Morgan fingerprint density at radius 3 is 2.53 bits per heavy atom. The van der Waals surface area contributed by atoms with E-state index in [2.05, 4.69) is 17.5 Å². The van der Waals surface area contributed by atoms with Crippen LogP contribution in [0.25, 0.3) is 0 Å². The van der Waals surface area contributed by atoms with Gasteiger partial charge in [0.15, 0.2) is 11.7 Å². The number of rotatable bonds is 4. The van der Waals surface area contributed by atoms with E-state index in [1.807, 2.05) is 0 Å². The Morgan fingerprint density at radius 1 is 1.47 bits per heavy atom. The maximum Gasteiger partial charge on any atom is 0.269 e. The molecule has 1 aromatic rings. The van der Waals surface area contributed by atoms with E-state index in [0.717, 1.165) is 0 Å². The molecular formula is C9H9N3O4S. The molecule has 0 aliphatic rings. The lowest BCUT2D eigenvalue weighted by molar-refractivity contribution is -0.384. The van der Waals surface area contributed by atoms with Crippen LogP contribution in [-0.4, -0.2) is 22.5 Å². The van der Waals surface area contributed by atoms with Gasteiger partial charge < -0.3 is 15.8 Å². The number of amides is 1. The van der Waals surface area contributed by atoms with Crippen LogP contribution in [0.5, 0.6) is 5.75 Å². The summed E-state index contributed by atoms with van der Waals surface area (Å²) in [5.74, 6) is -0.149. The van der Waals surface area contributed by atoms with Crippen molar-refractivity contribution in [2.45, 2.75) is 0 Å². The van der Waals surface area contributed by atoms with Crippen LogP contribution in [0.15, 0.2) is 24.3 Å². The maximum absolute atomic E-state index is 11.1. The standard InChI is InChI=1S/C9H9N3O4S/c10-9(17)11-8(13)5-16-7-3-1-6(2-4-7)12(14)15/h1-4H,5H2,(H3,10,11,13,17). The third-order valence-corrected chi connectivity index (χ3v) is 1.78. The summed E-state index contributed by atoms with van der Waals surface area (Å²) in [5.41, 5.74) is 5.03. The highest BCUT2D eigenvalue weighted by molar-refractivity contribution is 7.80. The van der Waals surface area contributed by atoms with E-state index in [4.69, 9.17) is 10.5 Å². The summed E-state index contributed by atoms with van der Waals surface area (Å²) in [4.78, 5) is 20.9. The van der Waals surface area contributed by atoms with Gasteiger partial charge in [-0.3, -0.25) is 14.9 Å². The molecule has 0 aliphatic carbocycles. The van der Waals surface area contributed by atoms with Crippen molar-refractivity contribution in [1.29, 1.82) is 0 Å². The molecule has 0 heterocycles. The lowest BCUT2D eigenvalue weighted by atomic mass is 10.3. The van der Waals surface area contributed by atoms with E-state index in [0.29, 0.717) is 5.75 Å². The number of nitrogens with two attached hydrogens (primary N) is 1. The second-order valence-electron chi connectivity index (χ2n) is 2.95. The number of carbonyl (C=O) groups excluding carboxylic acids is 1. The van der Waals surface area contributed by atoms with Gasteiger partial charge in [0.2, 0.25) is 0 Å². The zero-order valence-corrected chi connectivity index (χ0v) is 9.40. The van der Waals surface area contributed by atoms with Crippen LogP contribution < -0.4 is 15.8 Å². The van der Waals surface area contributed by atoms with Gasteiger partial charge in [0.25, 0.3) is 11.6 Å². The Labute approximate surface area is 102 Å². The number of benzene rings is 1. The highest BCUT2D eigenvalue weighted by Gasteiger charge is 2.06. The van der Waals surface area contributed by atoms with Crippen molar-refractivity contribution in [2.24, 2.45) is 5.73 Å². The number of ether oxygens (including phenoxy) is 1. The lowest BCUT2D eigenvalue weighted by Crippen LogP contribution is -2.37. The molecule has 17 heavy (non-hydrogen) atoms. The first-order valence-corrected chi connectivity index (χ1v) is 4.86. The maximum atomic E-state index is 11.1. The van der Waals surface area contributed by atoms with E-state index in [1.165, 1.54) is 24.3 Å². The molecular weight excluding hydrogens is 246 g/mol. The third kappa shape index (κ3) is 4.43. The Bertz CT molecular complexity index is 446. The SMILES string of the molecule is NC(=S)NC(=O)COc1ccc([N+](=O)[O-])cc1. The summed E-state index contributed by atoms with van der Waals surface area (Å²) in [5, 5.41) is 12.4. The predicted octanol–water partition coefficient (Wildman–Crippen LogP) is 0.333. The second-order valence-corrected chi connectivity index (χ2v) is 3.39. The molecule has 0 aliphatic heterocycles. The van der Waals surface area contributed by atoms with Gasteiger partial charge in [0.05, 0.1) is 4.92 Å². The molecule has 0 saturated heterocycles. The topological polar surface area (TPSA) is 107 Å². The Balaban J connectivity index is 2.50. The first kappa shape index (κ1) is 12.8. The number of nitro groups is 1. The summed E-state index contributed by atoms with van der Waals surface area (Å²) in [6, 6.07) is 5.35. The fourth-order valence-electron chi connectivity index (χ4n) is 0.986. The van der Waals surface area contributed by atoms with Crippen LogP contribution in [0.1, 0.15) is 0 Å². The molecule has 0 unspecified atom stereocenters. The van der Waals surface area contributed by atoms with E-state index in [9.17, 15) is 14.9 Å². The zero-order valence-electron chi connectivity index (χ0n) is 8.58. The Morgan fingerprint density at radius 2 is 2.06 bits per heavy atom. The van der Waals surface area contributed by atoms with E-state index < -0.39 is 10.8 Å². The van der Waals surface area contributed by atoms with Crippen LogP contribution in [-0.2, 0) is 4.79 Å². The van der Waals surface area contributed by atoms with Crippen molar-refractivity contribution in [2.75, 3.05) is 6.61 Å². The van der Waals surface area contributed by atoms with Gasteiger partial charge >= 0.3 is 0 Å². The fraction of sp³-hybridized carbons (Fsp3) is 0.111. The monoisotopic (exact) mass is 255 g/mol. The number of hydrogen-bond donors (Lipinski definition) is 2. The quantitative estimate of drug-likeness (QED) is 0.456. The molecule has 90 valence electrons. The smallest absolute Gasteiger partial charge is 0.269 e. The minimum Gasteiger partial charge on any atom is -0.484 e. The number of nitrogens with zero attached hydrogens (tertiary/aromatic N) is 1. The number of nitrogens with one attached hydrogen (secondary N) is 1. The predicted molar refractivity (Wildman–Crippen MR) is 63.5 cm³/mol. The van der Waals surface area contributed by atoms with Crippen LogP contribution in [0, 0.1) is 10.1 Å². The van der Waals surface area contributed by atoms with Crippen LogP contribution >= 0.6 is 12.2 Å². The molecule has 7 nitrogen and oxygen atoms in total. The van der Waals surface area contributed by atoms with Gasteiger partial charge in [0, 0.05) is 12.1 Å². The summed E-state index contributed by atoms with van der Waals surface area (Å²) >= 11 is 4.46. The van der Waals surface area contributed by atoms with Crippen molar-refractivity contribution < 1.29 is 14.5 Å². The molecule has 3 N–H and O–H groups in total. The number of non-ortho nitro benzene ring substituents is 1. The molecule has 0 spiro atoms. The van der Waals surface area contributed by atoms with Crippen molar-refractivity contribution in [3.05, 3.63) is 34.4 Å². The average Bonchev–Trinajstić information content (AvgIpc) is 2.26. The van der Waals surface area contributed by atoms with Gasteiger partial charge in [-0.15, -0.1) is 0 Å². The molecule has 0 atom stereocenters. The minimum atomic E-state index is -0.524. The molecule has 8 heteroatoms. The number of thiocarbonyl (C=S) groups is 1. The van der Waals surface area contributed by atoms with Crippen molar-refractivity contribution in [3.63, 3.8) is 0 Å². The molecule has 0 radical (unpaired) electrons. The molecule has 0 fully saturated rings. The summed E-state index contributed by atoms with van der Waals surface area (Å²) < 4.78 is 5.05. The van der Waals surface area contributed by atoms with E-state index in [-0.39, 0.29) is 17.4 Å². The van der Waals surface area contributed by atoms with Gasteiger partial charge in [0.1, 0.15) is 5.75 Å². The number of nitro benzene ring substituents is 1. The number of hydrogen-bond acceptors (Lipinski definition) is 5. The van der Waals surface area contributed by atoms with Crippen molar-refractivity contribution >= 4 is 28.9 Å². The Hall–Kier alpha value is -2.22. The molecule has 0 aromatic heterocycles. The summed E-state index contributed by atoms with van der Waals surface area (Å²) in [6.45, 7) is -0.269. The molecule has 1 aromatic carbocycles. The van der Waals surface area contributed by atoms with Crippen LogP contribution in [0.3, 0.4) is 0 Å². The van der Waals surface area contributed by atoms with Crippen molar-refractivity contribution in [3.8, 4) is 5.75 Å². The minimum absolute atomic E-state index is 0.0510. The number of carbonyl (C=O) groups is 1. The first-order valence-electron chi connectivity index (χ1n) is 4.45. The second kappa shape index (κ2) is 5.75. The van der Waals surface area contributed by atoms with Gasteiger partial charge in [-0.05, 0) is 24.4 Å². The summed E-state index contributed by atoms with van der Waals surface area (Å²) in [7, 11) is 0. The highest BCUT2D eigenvalue weighted by atomic mass is 32.1. The van der Waals surface area contributed by atoms with Crippen LogP contribution in [0.4, 0.5) is 5.69 Å². The largest absolute Gasteiger partial charge is 0.484 e. The lowest BCUT2D eigenvalue weighted by Gasteiger charge is -2.05. The highest BCUT2D eigenvalue weighted by Crippen LogP contribution is 2.16. The van der Waals surface area contributed by atoms with Crippen LogP contribution in [0.2, 0.25) is 0 Å². The first-order chi connectivity index (χ1) is 7.99. The molecule has 1 rings (SSSR count). The molecule has 1 amide bonds. The molecule has 0 bridgehead atoms. The average molecular weight is 255 g/mol. The normalized spacial score (nSPS) is 9.41. The fourth-order valence-corrected chi connectivity index (χ4v) is 1.10. The van der Waals surface area contributed by atoms with Crippen molar-refractivity contribution in [1.82, 2.24) is 5.32 Å². The third-order valence-electron chi connectivity index (χ3n) is 1.68. The van der Waals surface area contributed by atoms with Gasteiger partial charge in [-0.25, -0.2) is 0 Å². The van der Waals surface area contributed by atoms with Gasteiger partial charge in [-0.2, -0.15) is 0 Å². The zero-order chi connectivity index (χ0) is 12.8. The summed E-state index contributed by atoms with van der Waals surface area (Å²) in [6.07, 6.45) is 0. The van der Waals surface area contributed by atoms with E-state index >= 15 is 0 Å².